The van der Waals surface area contributed by atoms with Gasteiger partial charge >= 0.3 is 11.9 Å². The van der Waals surface area contributed by atoms with Gasteiger partial charge in [0.25, 0.3) is 5.56 Å². The molecule has 1 N–H and O–H groups in total. The van der Waals surface area contributed by atoms with Crippen LogP contribution in [0.3, 0.4) is 0 Å². The number of esters is 1. The lowest BCUT2D eigenvalue weighted by Crippen LogP contribution is -2.31. The molecule has 1 aromatic carbocycles. The van der Waals surface area contributed by atoms with Crippen LogP contribution < -0.4 is 5.56 Å². The van der Waals surface area contributed by atoms with E-state index in [0.29, 0.717) is 20.8 Å². The maximum absolute atomic E-state index is 13.2. The molecule has 0 aliphatic heterocycles. The van der Waals surface area contributed by atoms with Crippen molar-refractivity contribution >= 4 is 33.5 Å². The number of ether oxygens (including phenoxy) is 1. The Bertz CT molecular complexity index is 1150. The van der Waals surface area contributed by atoms with Crippen molar-refractivity contribution in [3.8, 4) is 0 Å². The molecule has 0 spiro atoms. The molecule has 0 radical (unpaired) electrons. The third-order valence-corrected chi connectivity index (χ3v) is 6.69. The first-order valence-corrected chi connectivity index (χ1v) is 10.8. The first-order valence-electron chi connectivity index (χ1n) is 9.96. The number of carboxylic acid groups (broad SMARTS) is 1. The van der Waals surface area contributed by atoms with E-state index < -0.39 is 23.5 Å². The number of rotatable bonds is 5. The van der Waals surface area contributed by atoms with Gasteiger partial charge in [0.2, 0.25) is 0 Å². The summed E-state index contributed by atoms with van der Waals surface area (Å²) in [5.74, 6) is -1.60. The molecule has 0 bridgehead atoms. The molecule has 8 heteroatoms. The number of aromatic nitrogens is 2. The molecular formula is C22H22N2O5S. The van der Waals surface area contributed by atoms with Crippen LogP contribution in [0.15, 0.2) is 41.5 Å². The molecule has 2 aromatic heterocycles. The van der Waals surface area contributed by atoms with Gasteiger partial charge in [-0.15, -0.1) is 11.3 Å². The molecular weight excluding hydrogens is 404 g/mol. The molecule has 1 fully saturated rings. The Morgan fingerprint density at radius 3 is 2.57 bits per heavy atom. The van der Waals surface area contributed by atoms with Gasteiger partial charge in [0.05, 0.1) is 5.39 Å². The lowest BCUT2D eigenvalue weighted by Gasteiger charge is -2.21. The molecule has 1 aliphatic rings. The van der Waals surface area contributed by atoms with Gasteiger partial charge in [-0.2, -0.15) is 0 Å². The monoisotopic (exact) mass is 426 g/mol. The summed E-state index contributed by atoms with van der Waals surface area (Å²) in [6.07, 6.45) is 6.12. The summed E-state index contributed by atoms with van der Waals surface area (Å²) < 4.78 is 6.76. The van der Waals surface area contributed by atoms with Gasteiger partial charge in [-0.1, -0.05) is 36.8 Å². The second-order valence-electron chi connectivity index (χ2n) is 7.51. The van der Waals surface area contributed by atoms with E-state index in [1.165, 1.54) is 6.33 Å². The lowest BCUT2D eigenvalue weighted by atomic mass is 9.98. The average Bonchev–Trinajstić information content (AvgIpc) is 3.08. The minimum absolute atomic E-state index is 0.0880. The largest absolute Gasteiger partial charge is 0.479 e. The van der Waals surface area contributed by atoms with Crippen molar-refractivity contribution in [2.24, 2.45) is 0 Å². The minimum Gasteiger partial charge on any atom is -0.479 e. The van der Waals surface area contributed by atoms with Gasteiger partial charge in [-0.25, -0.2) is 14.6 Å². The molecule has 0 amide bonds. The van der Waals surface area contributed by atoms with Crippen molar-refractivity contribution in [1.29, 1.82) is 0 Å². The third-order valence-electron chi connectivity index (χ3n) is 5.51. The predicted molar refractivity (Wildman–Crippen MR) is 113 cm³/mol. The van der Waals surface area contributed by atoms with E-state index in [9.17, 15) is 19.5 Å². The zero-order valence-corrected chi connectivity index (χ0v) is 17.4. The molecule has 2 heterocycles. The fourth-order valence-corrected chi connectivity index (χ4v) is 4.98. The number of thiophene rings is 1. The smallest absolute Gasteiger partial charge is 0.348 e. The van der Waals surface area contributed by atoms with Crippen LogP contribution in [0.1, 0.15) is 58.9 Å². The number of fused-ring (bicyclic) bond motifs is 1. The van der Waals surface area contributed by atoms with Crippen molar-refractivity contribution < 1.29 is 19.4 Å². The van der Waals surface area contributed by atoms with Crippen LogP contribution in [0, 0.1) is 6.92 Å². The molecule has 156 valence electrons. The normalized spacial score (nSPS) is 15.8. The van der Waals surface area contributed by atoms with Crippen molar-refractivity contribution in [3.05, 3.63) is 63.0 Å². The Hall–Kier alpha value is -3.00. The fraction of sp³-hybridized carbons (Fsp3) is 0.364. The highest BCUT2D eigenvalue weighted by Gasteiger charge is 2.28. The average molecular weight is 426 g/mol. The highest BCUT2D eigenvalue weighted by Crippen LogP contribution is 2.30. The molecule has 0 saturated heterocycles. The van der Waals surface area contributed by atoms with E-state index in [1.54, 1.807) is 37.3 Å². The molecule has 7 nitrogen and oxygen atoms in total. The molecule has 1 aliphatic carbocycles. The first-order chi connectivity index (χ1) is 14.5. The van der Waals surface area contributed by atoms with Crippen molar-refractivity contribution in [1.82, 2.24) is 9.55 Å². The predicted octanol–water partition coefficient (Wildman–Crippen LogP) is 3.93. The Morgan fingerprint density at radius 1 is 1.20 bits per heavy atom. The van der Waals surface area contributed by atoms with Gasteiger partial charge in [-0.3, -0.25) is 9.36 Å². The van der Waals surface area contributed by atoms with Gasteiger partial charge in [0.15, 0.2) is 6.04 Å². The number of aliphatic carboxylic acids is 1. The van der Waals surface area contributed by atoms with Crippen molar-refractivity contribution in [2.45, 2.75) is 51.2 Å². The standard InChI is InChI=1S/C22H22N2O5S/c1-13-16-19(30-18(13)22(28)29-15-10-6-3-7-11-15)23-12-24(20(16)25)17(21(26)27)14-8-4-2-5-9-14/h2,4-5,8-9,12,15,17H,3,6-7,10-11H2,1H3,(H,26,27). The van der Waals surface area contributed by atoms with Crippen LogP contribution in [0.5, 0.6) is 0 Å². The third kappa shape index (κ3) is 3.75. The van der Waals surface area contributed by atoms with Crippen LogP contribution in [-0.4, -0.2) is 32.7 Å². The van der Waals surface area contributed by atoms with Crippen LogP contribution in [0.2, 0.25) is 0 Å². The highest BCUT2D eigenvalue weighted by atomic mass is 32.1. The van der Waals surface area contributed by atoms with Crippen molar-refractivity contribution in [2.75, 3.05) is 0 Å². The topological polar surface area (TPSA) is 98.5 Å². The van der Waals surface area contributed by atoms with E-state index in [4.69, 9.17) is 4.74 Å². The molecule has 1 saturated carbocycles. The van der Waals surface area contributed by atoms with Gasteiger partial charge in [-0.05, 0) is 43.7 Å². The van der Waals surface area contributed by atoms with Crippen LogP contribution in [-0.2, 0) is 9.53 Å². The Kier molecular flexibility index (Phi) is 5.67. The number of carboxylic acids is 1. The van der Waals surface area contributed by atoms with Crippen LogP contribution in [0.25, 0.3) is 10.2 Å². The Labute approximate surface area is 176 Å². The maximum Gasteiger partial charge on any atom is 0.348 e. The quantitative estimate of drug-likeness (QED) is 0.621. The summed E-state index contributed by atoms with van der Waals surface area (Å²) in [5.41, 5.74) is 0.472. The first kappa shape index (κ1) is 20.3. The van der Waals surface area contributed by atoms with Gasteiger partial charge in [0, 0.05) is 0 Å². The maximum atomic E-state index is 13.2. The molecule has 3 aromatic rings. The molecule has 30 heavy (non-hydrogen) atoms. The summed E-state index contributed by atoms with van der Waals surface area (Å²) >= 11 is 1.11. The summed E-state index contributed by atoms with van der Waals surface area (Å²) in [6, 6.07) is 7.33. The van der Waals surface area contributed by atoms with E-state index in [-0.39, 0.29) is 11.5 Å². The fourth-order valence-electron chi connectivity index (χ4n) is 3.96. The number of carbonyl (C=O) groups is 2. The SMILES string of the molecule is Cc1c(C(=O)OC2CCCCC2)sc2ncn(C(C(=O)O)c3ccccc3)c(=O)c12. The van der Waals surface area contributed by atoms with Gasteiger partial charge < -0.3 is 9.84 Å². The summed E-state index contributed by atoms with van der Waals surface area (Å²) in [5, 5.41) is 10.0. The molecule has 4 rings (SSSR count). The molecule has 1 unspecified atom stereocenters. The summed E-state index contributed by atoms with van der Waals surface area (Å²) in [4.78, 5) is 42.9. The zero-order valence-electron chi connectivity index (χ0n) is 16.5. The zero-order chi connectivity index (χ0) is 21.3. The Balaban J connectivity index is 1.74. The van der Waals surface area contributed by atoms with E-state index in [0.717, 1.165) is 48.0 Å². The van der Waals surface area contributed by atoms with Crippen LogP contribution >= 0.6 is 11.3 Å². The van der Waals surface area contributed by atoms with E-state index >= 15 is 0 Å². The minimum atomic E-state index is -1.20. The molecule has 1 atom stereocenters. The number of hydrogen-bond donors (Lipinski definition) is 1. The van der Waals surface area contributed by atoms with Crippen molar-refractivity contribution in [3.63, 3.8) is 0 Å². The second-order valence-corrected chi connectivity index (χ2v) is 8.51. The summed E-state index contributed by atoms with van der Waals surface area (Å²) in [7, 11) is 0. The van der Waals surface area contributed by atoms with E-state index in [2.05, 4.69) is 4.98 Å². The lowest BCUT2D eigenvalue weighted by molar-refractivity contribution is -0.139. The summed E-state index contributed by atoms with van der Waals surface area (Å²) in [6.45, 7) is 1.68. The number of benzene rings is 1. The number of aryl methyl sites for hydroxylation is 1. The van der Waals surface area contributed by atoms with E-state index in [1.807, 2.05) is 0 Å². The number of nitrogens with zero attached hydrogens (tertiary/aromatic N) is 2. The van der Waals surface area contributed by atoms with Gasteiger partial charge in [0.1, 0.15) is 22.1 Å². The highest BCUT2D eigenvalue weighted by molar-refractivity contribution is 7.20. The number of hydrogen-bond acceptors (Lipinski definition) is 6. The number of carbonyl (C=O) groups excluding carboxylic acids is 1. The second kappa shape index (κ2) is 8.39. The van der Waals surface area contributed by atoms with Crippen LogP contribution in [0.4, 0.5) is 0 Å². The Morgan fingerprint density at radius 2 is 1.90 bits per heavy atom.